The van der Waals surface area contributed by atoms with Crippen LogP contribution in [-0.4, -0.2) is 33.5 Å². The molecule has 1 aliphatic carbocycles. The van der Waals surface area contributed by atoms with Gasteiger partial charge >= 0.3 is 0 Å². The van der Waals surface area contributed by atoms with Gasteiger partial charge in [-0.15, -0.1) is 0 Å². The summed E-state index contributed by atoms with van der Waals surface area (Å²) in [7, 11) is -3.58. The fourth-order valence-electron chi connectivity index (χ4n) is 2.58. The van der Waals surface area contributed by atoms with E-state index in [4.69, 9.17) is 4.74 Å². The van der Waals surface area contributed by atoms with Crippen molar-refractivity contribution in [1.29, 1.82) is 0 Å². The minimum Gasteiger partial charge on any atom is -0.494 e. The normalized spacial score (nSPS) is 14.0. The van der Waals surface area contributed by atoms with Gasteiger partial charge in [0.05, 0.1) is 11.5 Å². The molecular formula is C20H24N2O4S. The maximum absolute atomic E-state index is 12.4. The highest BCUT2D eigenvalue weighted by molar-refractivity contribution is 7.89. The highest BCUT2D eigenvalue weighted by atomic mass is 32.2. The zero-order chi connectivity index (χ0) is 19.3. The Bertz CT molecular complexity index is 893. The summed E-state index contributed by atoms with van der Waals surface area (Å²) in [6, 6.07) is 14.1. The van der Waals surface area contributed by atoms with Crippen LogP contribution in [0.4, 0.5) is 0 Å². The second-order valence-corrected chi connectivity index (χ2v) is 8.36. The Morgan fingerprint density at radius 2 is 1.89 bits per heavy atom. The predicted molar refractivity (Wildman–Crippen MR) is 103 cm³/mol. The standard InChI is InChI=1S/C20H24N2O4S/c1-15-8-11-18(27(24,25)22-16-9-10-16)14-19(15)20(23)21-12-5-13-26-17-6-3-2-4-7-17/h2-4,6-8,11,14,16,22H,5,9-10,12-13H2,1H3,(H,21,23). The summed E-state index contributed by atoms with van der Waals surface area (Å²) in [6.45, 7) is 2.73. The van der Waals surface area contributed by atoms with E-state index in [9.17, 15) is 13.2 Å². The van der Waals surface area contributed by atoms with Gasteiger partial charge in [-0.3, -0.25) is 4.79 Å². The summed E-state index contributed by atoms with van der Waals surface area (Å²) in [6.07, 6.45) is 2.38. The first-order valence-corrected chi connectivity index (χ1v) is 10.5. The Morgan fingerprint density at radius 3 is 2.59 bits per heavy atom. The van der Waals surface area contributed by atoms with E-state index < -0.39 is 10.0 Å². The Kier molecular flexibility index (Phi) is 6.13. The van der Waals surface area contributed by atoms with Gasteiger partial charge in [-0.2, -0.15) is 0 Å². The number of rotatable bonds is 9. The Morgan fingerprint density at radius 1 is 1.15 bits per heavy atom. The molecule has 0 saturated heterocycles. The van der Waals surface area contributed by atoms with Gasteiger partial charge in [0.1, 0.15) is 5.75 Å². The fourth-order valence-corrected chi connectivity index (χ4v) is 3.91. The molecule has 1 saturated carbocycles. The first-order chi connectivity index (χ1) is 13.0. The molecule has 2 aromatic rings. The van der Waals surface area contributed by atoms with E-state index in [1.165, 1.54) is 12.1 Å². The van der Waals surface area contributed by atoms with Crippen LogP contribution in [0, 0.1) is 6.92 Å². The number of amides is 1. The van der Waals surface area contributed by atoms with Gasteiger partial charge in [0.2, 0.25) is 10.0 Å². The van der Waals surface area contributed by atoms with Crippen molar-refractivity contribution in [3.05, 3.63) is 59.7 Å². The van der Waals surface area contributed by atoms with Crippen LogP contribution < -0.4 is 14.8 Å². The number of sulfonamides is 1. The van der Waals surface area contributed by atoms with Crippen LogP contribution in [0.2, 0.25) is 0 Å². The lowest BCUT2D eigenvalue weighted by molar-refractivity contribution is 0.0950. The molecule has 1 amide bonds. The number of benzene rings is 2. The highest BCUT2D eigenvalue weighted by Crippen LogP contribution is 2.23. The van der Waals surface area contributed by atoms with E-state index in [0.29, 0.717) is 25.1 Å². The first-order valence-electron chi connectivity index (χ1n) is 9.05. The van der Waals surface area contributed by atoms with E-state index in [0.717, 1.165) is 24.2 Å². The van der Waals surface area contributed by atoms with Gasteiger partial charge in [0, 0.05) is 18.2 Å². The third kappa shape index (κ3) is 5.55. The average molecular weight is 388 g/mol. The minimum atomic E-state index is -3.58. The molecular weight excluding hydrogens is 364 g/mol. The van der Waals surface area contributed by atoms with Crippen molar-refractivity contribution < 1.29 is 17.9 Å². The molecule has 144 valence electrons. The molecule has 0 aromatic heterocycles. The number of ether oxygens (including phenoxy) is 1. The lowest BCUT2D eigenvalue weighted by Gasteiger charge is -2.11. The molecule has 3 rings (SSSR count). The van der Waals surface area contributed by atoms with Gasteiger partial charge in [0.15, 0.2) is 0 Å². The summed E-state index contributed by atoms with van der Waals surface area (Å²) >= 11 is 0. The van der Waals surface area contributed by atoms with Crippen molar-refractivity contribution in [2.75, 3.05) is 13.2 Å². The SMILES string of the molecule is Cc1ccc(S(=O)(=O)NC2CC2)cc1C(=O)NCCCOc1ccccc1. The maximum atomic E-state index is 12.4. The molecule has 27 heavy (non-hydrogen) atoms. The van der Waals surface area contributed by atoms with Crippen LogP contribution in [0.15, 0.2) is 53.4 Å². The lowest BCUT2D eigenvalue weighted by atomic mass is 10.1. The van der Waals surface area contributed by atoms with E-state index >= 15 is 0 Å². The number of carbonyl (C=O) groups excluding carboxylic acids is 1. The smallest absolute Gasteiger partial charge is 0.251 e. The van der Waals surface area contributed by atoms with E-state index in [2.05, 4.69) is 10.0 Å². The average Bonchev–Trinajstić information content (AvgIpc) is 3.45. The maximum Gasteiger partial charge on any atom is 0.251 e. The largest absolute Gasteiger partial charge is 0.494 e. The van der Waals surface area contributed by atoms with Crippen LogP contribution in [0.5, 0.6) is 5.75 Å². The zero-order valence-electron chi connectivity index (χ0n) is 15.3. The highest BCUT2D eigenvalue weighted by Gasteiger charge is 2.28. The van der Waals surface area contributed by atoms with Crippen LogP contribution in [0.3, 0.4) is 0 Å². The molecule has 0 spiro atoms. The molecule has 0 heterocycles. The summed E-state index contributed by atoms with van der Waals surface area (Å²) in [5.41, 5.74) is 1.11. The molecule has 0 radical (unpaired) electrons. The predicted octanol–water partition coefficient (Wildman–Crippen LogP) is 2.63. The summed E-state index contributed by atoms with van der Waals surface area (Å²) in [5, 5.41) is 2.82. The quantitative estimate of drug-likeness (QED) is 0.647. The number of hydrogen-bond acceptors (Lipinski definition) is 4. The summed E-state index contributed by atoms with van der Waals surface area (Å²) < 4.78 is 32.9. The fraction of sp³-hybridized carbons (Fsp3) is 0.350. The van der Waals surface area contributed by atoms with Crippen molar-refractivity contribution in [3.8, 4) is 5.75 Å². The molecule has 1 fully saturated rings. The van der Waals surface area contributed by atoms with E-state index in [1.54, 1.807) is 13.0 Å². The molecule has 1 aliphatic rings. The Labute approximate surface area is 160 Å². The minimum absolute atomic E-state index is 0.0261. The van der Waals surface area contributed by atoms with Crippen molar-refractivity contribution in [2.45, 2.75) is 37.1 Å². The third-order valence-electron chi connectivity index (χ3n) is 4.28. The Hall–Kier alpha value is -2.38. The lowest BCUT2D eigenvalue weighted by Crippen LogP contribution is -2.28. The number of para-hydroxylation sites is 1. The molecule has 0 unspecified atom stereocenters. The molecule has 2 aromatic carbocycles. The van der Waals surface area contributed by atoms with Gasteiger partial charge in [-0.25, -0.2) is 13.1 Å². The number of hydrogen-bond donors (Lipinski definition) is 2. The summed E-state index contributed by atoms with van der Waals surface area (Å²) in [4.78, 5) is 12.6. The van der Waals surface area contributed by atoms with Crippen molar-refractivity contribution in [3.63, 3.8) is 0 Å². The monoisotopic (exact) mass is 388 g/mol. The molecule has 7 heteroatoms. The second kappa shape index (κ2) is 8.54. The molecule has 0 bridgehead atoms. The molecule has 2 N–H and O–H groups in total. The van der Waals surface area contributed by atoms with Crippen molar-refractivity contribution in [1.82, 2.24) is 10.0 Å². The van der Waals surface area contributed by atoms with Crippen LogP contribution in [-0.2, 0) is 10.0 Å². The van der Waals surface area contributed by atoms with Gasteiger partial charge in [-0.05, 0) is 56.0 Å². The van der Waals surface area contributed by atoms with E-state index in [1.807, 2.05) is 30.3 Å². The third-order valence-corrected chi connectivity index (χ3v) is 5.80. The van der Waals surface area contributed by atoms with Crippen molar-refractivity contribution >= 4 is 15.9 Å². The first kappa shape index (κ1) is 19.4. The topological polar surface area (TPSA) is 84.5 Å². The number of nitrogens with one attached hydrogen (secondary N) is 2. The molecule has 6 nitrogen and oxygen atoms in total. The molecule has 0 aliphatic heterocycles. The second-order valence-electron chi connectivity index (χ2n) is 6.64. The van der Waals surface area contributed by atoms with Gasteiger partial charge < -0.3 is 10.1 Å². The number of carbonyl (C=O) groups is 1. The van der Waals surface area contributed by atoms with Crippen molar-refractivity contribution in [2.24, 2.45) is 0 Å². The molecule has 0 atom stereocenters. The van der Waals surface area contributed by atoms with Crippen LogP contribution >= 0.6 is 0 Å². The van der Waals surface area contributed by atoms with Gasteiger partial charge in [0.25, 0.3) is 5.91 Å². The Balaban J connectivity index is 1.53. The van der Waals surface area contributed by atoms with E-state index in [-0.39, 0.29) is 16.8 Å². The van der Waals surface area contributed by atoms with Gasteiger partial charge in [-0.1, -0.05) is 24.3 Å². The number of aryl methyl sites for hydroxylation is 1. The summed E-state index contributed by atoms with van der Waals surface area (Å²) in [5.74, 6) is 0.511. The zero-order valence-corrected chi connectivity index (χ0v) is 16.1. The van der Waals surface area contributed by atoms with Crippen LogP contribution in [0.25, 0.3) is 0 Å². The van der Waals surface area contributed by atoms with Crippen LogP contribution in [0.1, 0.15) is 35.2 Å².